The van der Waals surface area contributed by atoms with Gasteiger partial charge < -0.3 is 14.7 Å². The van der Waals surface area contributed by atoms with Gasteiger partial charge in [0.05, 0.1) is 11.1 Å². The Morgan fingerprint density at radius 1 is 1.16 bits per heavy atom. The van der Waals surface area contributed by atoms with Crippen molar-refractivity contribution in [3.05, 3.63) is 46.8 Å². The zero-order valence-electron chi connectivity index (χ0n) is 10.2. The first-order valence-electron chi connectivity index (χ1n) is 5.72. The van der Waals surface area contributed by atoms with E-state index in [4.69, 9.17) is 14.7 Å². The van der Waals surface area contributed by atoms with Gasteiger partial charge in [0.1, 0.15) is 12.0 Å². The molecule has 0 aliphatic rings. The van der Waals surface area contributed by atoms with Crippen LogP contribution in [0.5, 0.6) is 0 Å². The molecule has 0 unspecified atom stereocenters. The van der Waals surface area contributed by atoms with Gasteiger partial charge in [-0.1, -0.05) is 33.2 Å². The van der Waals surface area contributed by atoms with E-state index in [1.807, 2.05) is 37.3 Å². The maximum atomic E-state index is 5.91. The molecule has 0 radical (unpaired) electrons. The van der Waals surface area contributed by atoms with Crippen molar-refractivity contribution >= 4 is 21.7 Å². The summed E-state index contributed by atoms with van der Waals surface area (Å²) in [4.78, 5) is 0. The second-order valence-electron chi connectivity index (χ2n) is 4.22. The molecule has 0 saturated heterocycles. The molecule has 0 spiro atoms. The number of hydrogen-bond donors (Lipinski definition) is 1. The van der Waals surface area contributed by atoms with Crippen molar-refractivity contribution < 1.29 is 8.94 Å². The fourth-order valence-electron chi connectivity index (χ4n) is 1.96. The summed E-state index contributed by atoms with van der Waals surface area (Å²) in [6.07, 6.45) is 1.64. The molecule has 0 fully saturated rings. The number of hydrogen-bond acceptors (Lipinski definition) is 4. The van der Waals surface area contributed by atoms with Gasteiger partial charge in [-0.2, -0.15) is 0 Å². The zero-order chi connectivity index (χ0) is 13.4. The smallest absolute Gasteiger partial charge is 0.180 e. The van der Waals surface area contributed by atoms with E-state index in [1.54, 1.807) is 6.26 Å². The van der Waals surface area contributed by atoms with E-state index in [2.05, 4.69) is 21.1 Å². The van der Waals surface area contributed by atoms with Crippen LogP contribution in [0, 0.1) is 6.92 Å². The minimum Gasteiger partial charge on any atom is -0.469 e. The Hall–Kier alpha value is -2.01. The van der Waals surface area contributed by atoms with Crippen LogP contribution >= 0.6 is 15.9 Å². The molecule has 5 heteroatoms. The number of benzene rings is 1. The van der Waals surface area contributed by atoms with Gasteiger partial charge in [-0.05, 0) is 30.7 Å². The number of anilines is 1. The number of aromatic nitrogens is 1. The standard InChI is InChI=1S/C14H11BrN2O2/c1-8-6-10(7-18-8)13-12(14(16)17-19-13)9-2-4-11(15)5-3-9/h2-7H,1H3,(H2,16,17). The van der Waals surface area contributed by atoms with Crippen LogP contribution in [0.2, 0.25) is 0 Å². The number of nitrogen functional groups attached to an aromatic ring is 1. The zero-order valence-corrected chi connectivity index (χ0v) is 11.8. The molecule has 0 bridgehead atoms. The average Bonchev–Trinajstić information content (AvgIpc) is 2.97. The number of aryl methyl sites for hydroxylation is 1. The molecule has 3 aromatic rings. The molecular weight excluding hydrogens is 308 g/mol. The molecule has 0 aliphatic heterocycles. The van der Waals surface area contributed by atoms with Crippen LogP contribution in [-0.4, -0.2) is 5.16 Å². The number of nitrogens with zero attached hydrogens (tertiary/aromatic N) is 1. The second kappa shape index (κ2) is 4.59. The van der Waals surface area contributed by atoms with Gasteiger partial charge in [-0.25, -0.2) is 0 Å². The summed E-state index contributed by atoms with van der Waals surface area (Å²) >= 11 is 3.41. The van der Waals surface area contributed by atoms with Crippen LogP contribution < -0.4 is 5.73 Å². The quantitative estimate of drug-likeness (QED) is 0.766. The highest BCUT2D eigenvalue weighted by atomic mass is 79.9. The van der Waals surface area contributed by atoms with E-state index < -0.39 is 0 Å². The monoisotopic (exact) mass is 318 g/mol. The first-order chi connectivity index (χ1) is 9.15. The molecule has 96 valence electrons. The molecule has 0 aliphatic carbocycles. The fraction of sp³-hybridized carbons (Fsp3) is 0.0714. The third-order valence-electron chi connectivity index (χ3n) is 2.84. The predicted octanol–water partition coefficient (Wildman–Crippen LogP) is 4.25. The molecule has 4 nitrogen and oxygen atoms in total. The third-order valence-corrected chi connectivity index (χ3v) is 3.37. The van der Waals surface area contributed by atoms with Crippen LogP contribution in [0.25, 0.3) is 22.5 Å². The summed E-state index contributed by atoms with van der Waals surface area (Å²) in [6.45, 7) is 1.88. The van der Waals surface area contributed by atoms with Gasteiger partial charge in [0, 0.05) is 4.47 Å². The first kappa shape index (κ1) is 12.0. The molecule has 3 rings (SSSR count). The lowest BCUT2D eigenvalue weighted by Gasteiger charge is -2.01. The normalized spacial score (nSPS) is 10.8. The van der Waals surface area contributed by atoms with Crippen LogP contribution in [0.3, 0.4) is 0 Å². The SMILES string of the molecule is Cc1cc(-c2onc(N)c2-c2ccc(Br)cc2)co1. The van der Waals surface area contributed by atoms with E-state index in [1.165, 1.54) is 0 Å². The van der Waals surface area contributed by atoms with Crippen molar-refractivity contribution in [1.82, 2.24) is 5.16 Å². The Kier molecular flexibility index (Phi) is 2.91. The summed E-state index contributed by atoms with van der Waals surface area (Å²) < 4.78 is 11.6. The average molecular weight is 319 g/mol. The van der Waals surface area contributed by atoms with Crippen molar-refractivity contribution in [1.29, 1.82) is 0 Å². The summed E-state index contributed by atoms with van der Waals surface area (Å²) in [6, 6.07) is 9.72. The lowest BCUT2D eigenvalue weighted by molar-refractivity contribution is 0.435. The van der Waals surface area contributed by atoms with Gasteiger partial charge in [0.25, 0.3) is 0 Å². The summed E-state index contributed by atoms with van der Waals surface area (Å²) in [5, 5.41) is 3.85. The van der Waals surface area contributed by atoms with Crippen molar-refractivity contribution in [2.75, 3.05) is 5.73 Å². The molecular formula is C14H11BrN2O2. The molecule has 0 saturated carbocycles. The maximum Gasteiger partial charge on any atom is 0.180 e. The first-order valence-corrected chi connectivity index (χ1v) is 6.51. The fourth-order valence-corrected chi connectivity index (χ4v) is 2.22. The molecule has 0 amide bonds. The van der Waals surface area contributed by atoms with Crippen LogP contribution in [-0.2, 0) is 0 Å². The Bertz CT molecular complexity index is 713. The van der Waals surface area contributed by atoms with E-state index in [9.17, 15) is 0 Å². The van der Waals surface area contributed by atoms with E-state index in [0.717, 1.165) is 26.9 Å². The maximum absolute atomic E-state index is 5.91. The number of halogens is 1. The Balaban J connectivity index is 2.16. The number of rotatable bonds is 2. The molecule has 2 aromatic heterocycles. The van der Waals surface area contributed by atoms with Crippen LogP contribution in [0.4, 0.5) is 5.82 Å². The topological polar surface area (TPSA) is 65.2 Å². The predicted molar refractivity (Wildman–Crippen MR) is 76.5 cm³/mol. The molecule has 0 atom stereocenters. The molecule has 19 heavy (non-hydrogen) atoms. The molecule has 1 aromatic carbocycles. The van der Waals surface area contributed by atoms with E-state index >= 15 is 0 Å². The van der Waals surface area contributed by atoms with Crippen molar-refractivity contribution in [2.45, 2.75) is 6.92 Å². The molecule has 2 N–H and O–H groups in total. The Morgan fingerprint density at radius 2 is 1.89 bits per heavy atom. The van der Waals surface area contributed by atoms with Crippen molar-refractivity contribution in [3.8, 4) is 22.5 Å². The summed E-state index contributed by atoms with van der Waals surface area (Å²) in [5.41, 5.74) is 8.48. The summed E-state index contributed by atoms with van der Waals surface area (Å²) in [5.74, 6) is 1.81. The number of nitrogens with two attached hydrogens (primary N) is 1. The highest BCUT2D eigenvalue weighted by molar-refractivity contribution is 9.10. The highest BCUT2D eigenvalue weighted by Crippen LogP contribution is 2.37. The third kappa shape index (κ3) is 2.17. The minimum absolute atomic E-state index is 0.371. The highest BCUT2D eigenvalue weighted by Gasteiger charge is 2.18. The lowest BCUT2D eigenvalue weighted by Crippen LogP contribution is -1.88. The van der Waals surface area contributed by atoms with E-state index in [0.29, 0.717) is 11.6 Å². The summed E-state index contributed by atoms with van der Waals surface area (Å²) in [7, 11) is 0. The van der Waals surface area contributed by atoms with Gasteiger partial charge in [-0.3, -0.25) is 0 Å². The second-order valence-corrected chi connectivity index (χ2v) is 5.14. The van der Waals surface area contributed by atoms with Crippen molar-refractivity contribution in [2.24, 2.45) is 0 Å². The van der Waals surface area contributed by atoms with Gasteiger partial charge in [-0.15, -0.1) is 0 Å². The Morgan fingerprint density at radius 3 is 2.53 bits per heavy atom. The van der Waals surface area contributed by atoms with Gasteiger partial charge in [0.2, 0.25) is 0 Å². The lowest BCUT2D eigenvalue weighted by atomic mass is 10.0. The number of furan rings is 1. The van der Waals surface area contributed by atoms with Crippen LogP contribution in [0.15, 0.2) is 50.0 Å². The van der Waals surface area contributed by atoms with Crippen molar-refractivity contribution in [3.63, 3.8) is 0 Å². The Labute approximate surface area is 118 Å². The largest absolute Gasteiger partial charge is 0.469 e. The molecule has 2 heterocycles. The minimum atomic E-state index is 0.371. The van der Waals surface area contributed by atoms with Crippen LogP contribution in [0.1, 0.15) is 5.76 Å². The van der Waals surface area contributed by atoms with Gasteiger partial charge in [0.15, 0.2) is 11.6 Å². The van der Waals surface area contributed by atoms with E-state index in [-0.39, 0.29) is 0 Å². The van der Waals surface area contributed by atoms with Gasteiger partial charge >= 0.3 is 0 Å².